The number of furan rings is 1. The van der Waals surface area contributed by atoms with Crippen LogP contribution in [0.4, 0.5) is 13.2 Å². The molecule has 5 rings (SSSR count). The second-order valence-corrected chi connectivity index (χ2v) is 8.86. The molecule has 7 heteroatoms. The highest BCUT2D eigenvalue weighted by molar-refractivity contribution is 5.98. The maximum Gasteiger partial charge on any atom is 0.253 e. The molecule has 0 radical (unpaired) electrons. The van der Waals surface area contributed by atoms with Crippen LogP contribution in [0.2, 0.25) is 0 Å². The molecule has 1 saturated heterocycles. The molecule has 0 saturated carbocycles. The van der Waals surface area contributed by atoms with E-state index in [2.05, 4.69) is 0 Å². The third-order valence-corrected chi connectivity index (χ3v) is 6.43. The number of aliphatic hydroxyl groups excluding tert-OH is 1. The Hall–Kier alpha value is -3.58. The van der Waals surface area contributed by atoms with E-state index in [1.54, 1.807) is 24.3 Å². The van der Waals surface area contributed by atoms with Crippen molar-refractivity contribution < 1.29 is 27.5 Å². The molecule has 0 unspecified atom stereocenters. The number of hydrogen-bond acceptors (Lipinski definition) is 3. The van der Waals surface area contributed by atoms with Gasteiger partial charge in [-0.1, -0.05) is 24.3 Å². The van der Waals surface area contributed by atoms with Crippen LogP contribution in [0.15, 0.2) is 71.1 Å². The van der Waals surface area contributed by atoms with E-state index in [4.69, 9.17) is 4.42 Å². The van der Waals surface area contributed by atoms with Crippen molar-refractivity contribution in [3.63, 3.8) is 0 Å². The van der Waals surface area contributed by atoms with E-state index in [0.29, 0.717) is 23.3 Å². The molecule has 1 amide bonds. The molecule has 35 heavy (non-hydrogen) atoms. The lowest BCUT2D eigenvalue weighted by atomic mass is 9.96. The van der Waals surface area contributed by atoms with Crippen molar-refractivity contribution in [2.24, 2.45) is 0 Å². The lowest BCUT2D eigenvalue weighted by Gasteiger charge is -2.31. The van der Waals surface area contributed by atoms with Crippen molar-refractivity contribution in [3.05, 3.63) is 83.9 Å². The molecule has 180 valence electrons. The molecule has 3 aromatic carbocycles. The highest BCUT2D eigenvalue weighted by Gasteiger charge is 2.35. The minimum absolute atomic E-state index is 0.0390. The summed E-state index contributed by atoms with van der Waals surface area (Å²) in [5, 5.41) is 10.2. The van der Waals surface area contributed by atoms with Crippen LogP contribution < -0.4 is 0 Å². The number of carbonyl (C=O) groups is 1. The SMILES string of the molecule is O=C(c1ccc(-c2cc(-c3ccc(F)cc3)c3oc(CCO)cc3c2)cc1)N1CCC(F)(F)CC1. The van der Waals surface area contributed by atoms with Gasteiger partial charge >= 0.3 is 0 Å². The minimum Gasteiger partial charge on any atom is -0.460 e. The Morgan fingerprint density at radius 2 is 1.57 bits per heavy atom. The number of piperidine rings is 1. The van der Waals surface area contributed by atoms with Crippen molar-refractivity contribution >= 4 is 16.9 Å². The molecule has 1 aliphatic heterocycles. The predicted molar refractivity (Wildman–Crippen MR) is 128 cm³/mol. The Morgan fingerprint density at radius 1 is 0.914 bits per heavy atom. The van der Waals surface area contributed by atoms with Gasteiger partial charge in [-0.3, -0.25) is 4.79 Å². The van der Waals surface area contributed by atoms with Gasteiger partial charge in [0.15, 0.2) is 0 Å². The number of nitrogens with zero attached hydrogens (tertiary/aromatic N) is 1. The third kappa shape index (κ3) is 4.82. The zero-order valence-electron chi connectivity index (χ0n) is 18.9. The number of alkyl halides is 2. The molecular weight excluding hydrogens is 455 g/mol. The van der Waals surface area contributed by atoms with E-state index in [-0.39, 0.29) is 44.3 Å². The molecule has 1 N–H and O–H groups in total. The monoisotopic (exact) mass is 479 g/mol. The highest BCUT2D eigenvalue weighted by atomic mass is 19.3. The van der Waals surface area contributed by atoms with E-state index >= 15 is 0 Å². The number of hydrogen-bond donors (Lipinski definition) is 1. The second-order valence-electron chi connectivity index (χ2n) is 8.86. The Kier molecular flexibility index (Phi) is 6.11. The highest BCUT2D eigenvalue weighted by Crippen LogP contribution is 2.36. The summed E-state index contributed by atoms with van der Waals surface area (Å²) in [6, 6.07) is 19.0. The fourth-order valence-electron chi connectivity index (χ4n) is 4.48. The van der Waals surface area contributed by atoms with Gasteiger partial charge in [-0.2, -0.15) is 0 Å². The fraction of sp³-hybridized carbons (Fsp3) is 0.250. The summed E-state index contributed by atoms with van der Waals surface area (Å²) in [4.78, 5) is 14.3. The number of amides is 1. The standard InChI is InChI=1S/C28H24F3NO3/c29-23-7-5-19(6-8-23)25-17-21(15-22-16-24(9-14-33)35-26(22)25)18-1-3-20(4-2-18)27(34)32-12-10-28(30,31)11-13-32/h1-8,15-17,33H,9-14H2. The Bertz CT molecular complexity index is 1350. The van der Waals surface area contributed by atoms with Crippen molar-refractivity contribution in [3.8, 4) is 22.3 Å². The average Bonchev–Trinajstić information content (AvgIpc) is 3.26. The van der Waals surface area contributed by atoms with Crippen molar-refractivity contribution in [1.29, 1.82) is 0 Å². The summed E-state index contributed by atoms with van der Waals surface area (Å²) in [6.45, 7) is 0.0482. The van der Waals surface area contributed by atoms with Crippen LogP contribution in [0, 0.1) is 5.82 Å². The van der Waals surface area contributed by atoms with Crippen LogP contribution in [0.5, 0.6) is 0 Å². The zero-order chi connectivity index (χ0) is 24.6. The molecule has 0 atom stereocenters. The number of fused-ring (bicyclic) bond motifs is 1. The number of halogens is 3. The van der Waals surface area contributed by atoms with Gasteiger partial charge in [-0.05, 0) is 59.2 Å². The van der Waals surface area contributed by atoms with Gasteiger partial charge in [-0.15, -0.1) is 0 Å². The number of likely N-dealkylation sites (tertiary alicyclic amines) is 1. The molecule has 1 aromatic heterocycles. The average molecular weight is 479 g/mol. The summed E-state index contributed by atoms with van der Waals surface area (Å²) >= 11 is 0. The predicted octanol–water partition coefficient (Wildman–Crippen LogP) is 6.31. The fourth-order valence-corrected chi connectivity index (χ4v) is 4.48. The maximum absolute atomic E-state index is 13.5. The number of benzene rings is 3. The van der Waals surface area contributed by atoms with Gasteiger partial charge in [0.1, 0.15) is 17.2 Å². The molecular formula is C28H24F3NO3. The molecule has 1 aliphatic rings. The van der Waals surface area contributed by atoms with Crippen molar-refractivity contribution in [1.82, 2.24) is 4.90 Å². The van der Waals surface area contributed by atoms with Gasteiger partial charge in [0.2, 0.25) is 0 Å². The number of aliphatic hydroxyl groups is 1. The van der Waals surface area contributed by atoms with Crippen molar-refractivity contribution in [2.45, 2.75) is 25.2 Å². The van der Waals surface area contributed by atoms with E-state index < -0.39 is 5.92 Å². The van der Waals surface area contributed by atoms with Gasteiger partial charge in [-0.25, -0.2) is 13.2 Å². The molecule has 0 bridgehead atoms. The van der Waals surface area contributed by atoms with Crippen molar-refractivity contribution in [2.75, 3.05) is 19.7 Å². The van der Waals surface area contributed by atoms with Gasteiger partial charge in [0.25, 0.3) is 11.8 Å². The van der Waals surface area contributed by atoms with Crippen LogP contribution in [0.25, 0.3) is 33.2 Å². The summed E-state index contributed by atoms with van der Waals surface area (Å²) in [5.41, 5.74) is 4.42. The Labute approximate surface area is 200 Å². The van der Waals surface area contributed by atoms with Gasteiger partial charge < -0.3 is 14.4 Å². The molecule has 4 aromatic rings. The minimum atomic E-state index is -2.70. The maximum atomic E-state index is 13.5. The summed E-state index contributed by atoms with van der Waals surface area (Å²) in [6.07, 6.45) is -0.246. The zero-order valence-corrected chi connectivity index (χ0v) is 18.9. The molecule has 0 aliphatic carbocycles. The summed E-state index contributed by atoms with van der Waals surface area (Å²) in [5.74, 6) is -2.64. The first-order valence-corrected chi connectivity index (χ1v) is 11.5. The molecule has 0 spiro atoms. The smallest absolute Gasteiger partial charge is 0.253 e. The van der Waals surface area contributed by atoms with Crippen LogP contribution in [-0.4, -0.2) is 41.5 Å². The Morgan fingerprint density at radius 3 is 2.23 bits per heavy atom. The van der Waals surface area contributed by atoms with Crippen LogP contribution in [0.1, 0.15) is 29.0 Å². The van der Waals surface area contributed by atoms with Crippen LogP contribution in [0.3, 0.4) is 0 Å². The first-order valence-electron chi connectivity index (χ1n) is 11.5. The second kappa shape index (κ2) is 9.23. The first-order chi connectivity index (χ1) is 16.8. The van der Waals surface area contributed by atoms with Gasteiger partial charge in [0.05, 0.1) is 6.61 Å². The van der Waals surface area contributed by atoms with Gasteiger partial charge in [0, 0.05) is 48.9 Å². The van der Waals surface area contributed by atoms with Crippen LogP contribution >= 0.6 is 0 Å². The lowest BCUT2D eigenvalue weighted by Crippen LogP contribution is -2.42. The summed E-state index contributed by atoms with van der Waals surface area (Å²) in [7, 11) is 0. The Balaban J connectivity index is 1.48. The molecule has 1 fully saturated rings. The molecule has 4 nitrogen and oxygen atoms in total. The van der Waals surface area contributed by atoms with Crippen LogP contribution in [-0.2, 0) is 6.42 Å². The third-order valence-electron chi connectivity index (χ3n) is 6.43. The summed E-state index contributed by atoms with van der Waals surface area (Å²) < 4.78 is 46.4. The normalized spacial score (nSPS) is 15.5. The lowest BCUT2D eigenvalue weighted by molar-refractivity contribution is -0.0494. The van der Waals surface area contributed by atoms with E-state index in [9.17, 15) is 23.1 Å². The quantitative estimate of drug-likeness (QED) is 0.365. The van der Waals surface area contributed by atoms with E-state index in [1.807, 2.05) is 30.3 Å². The van der Waals surface area contributed by atoms with E-state index in [0.717, 1.165) is 27.6 Å². The largest absolute Gasteiger partial charge is 0.460 e. The molecule has 2 heterocycles. The number of rotatable bonds is 5. The number of carbonyl (C=O) groups excluding carboxylic acids is 1. The topological polar surface area (TPSA) is 53.7 Å². The van der Waals surface area contributed by atoms with E-state index in [1.165, 1.54) is 17.0 Å². The first kappa shape index (κ1) is 23.2.